The maximum Gasteiger partial charge on any atom is 0.339 e. The van der Waals surface area contributed by atoms with E-state index < -0.39 is 11.9 Å². The lowest BCUT2D eigenvalue weighted by molar-refractivity contribution is 0.0553. The third-order valence-corrected chi connectivity index (χ3v) is 5.21. The minimum Gasteiger partial charge on any atom is -0.465 e. The average Bonchev–Trinajstić information content (AvgIpc) is 2.70. The fourth-order valence-corrected chi connectivity index (χ4v) is 3.83. The maximum atomic E-state index is 12.7. The van der Waals surface area contributed by atoms with E-state index in [9.17, 15) is 9.59 Å². The summed E-state index contributed by atoms with van der Waals surface area (Å²) in [4.78, 5) is 25.3. The van der Waals surface area contributed by atoms with Crippen LogP contribution in [0.4, 0.5) is 0 Å². The van der Waals surface area contributed by atoms with E-state index in [4.69, 9.17) is 9.47 Å². The Balaban J connectivity index is 3.35. The Labute approximate surface area is 171 Å². The number of hydrogen-bond donors (Lipinski definition) is 0. The second-order valence-electron chi connectivity index (χ2n) is 7.42. The van der Waals surface area contributed by atoms with E-state index in [1.54, 1.807) is 0 Å². The minimum absolute atomic E-state index is 0.409. The van der Waals surface area contributed by atoms with Gasteiger partial charge in [0.1, 0.15) is 0 Å². The number of esters is 2. The van der Waals surface area contributed by atoms with Gasteiger partial charge in [-0.2, -0.15) is 0 Å². The summed E-state index contributed by atoms with van der Waals surface area (Å²) in [5.74, 6) is -0.882. The highest BCUT2D eigenvalue weighted by atomic mass is 16.5. The van der Waals surface area contributed by atoms with Crippen molar-refractivity contribution in [3.63, 3.8) is 0 Å². The molecule has 0 saturated carbocycles. The van der Waals surface area contributed by atoms with Crippen molar-refractivity contribution in [3.05, 3.63) is 33.9 Å². The van der Waals surface area contributed by atoms with Crippen LogP contribution in [0.5, 0.6) is 0 Å². The van der Waals surface area contributed by atoms with E-state index in [0.717, 1.165) is 56.1 Å². The highest BCUT2D eigenvalue weighted by molar-refractivity contribution is 6.05. The van der Waals surface area contributed by atoms with Crippen LogP contribution in [-0.2, 0) is 28.7 Å². The summed E-state index contributed by atoms with van der Waals surface area (Å²) in [6.07, 6.45) is 11.4. The van der Waals surface area contributed by atoms with Gasteiger partial charge in [0.05, 0.1) is 25.3 Å². The van der Waals surface area contributed by atoms with E-state index in [-0.39, 0.29) is 0 Å². The molecule has 158 valence electrons. The maximum absolute atomic E-state index is 12.7. The third kappa shape index (κ3) is 6.65. The van der Waals surface area contributed by atoms with Gasteiger partial charge in [-0.05, 0) is 42.4 Å². The van der Waals surface area contributed by atoms with Gasteiger partial charge in [-0.25, -0.2) is 9.59 Å². The number of carbonyl (C=O) groups excluding carboxylic acids is 2. The van der Waals surface area contributed by atoms with E-state index in [0.29, 0.717) is 11.1 Å². The molecule has 28 heavy (non-hydrogen) atoms. The second kappa shape index (κ2) is 13.4. The van der Waals surface area contributed by atoms with Crippen molar-refractivity contribution in [2.75, 3.05) is 14.2 Å². The minimum atomic E-state index is -0.443. The molecular weight excluding hydrogens is 352 g/mol. The van der Waals surface area contributed by atoms with Crippen LogP contribution in [0.25, 0.3) is 0 Å². The van der Waals surface area contributed by atoms with Crippen molar-refractivity contribution in [1.29, 1.82) is 0 Å². The number of carbonyl (C=O) groups is 2. The normalized spacial score (nSPS) is 10.8. The number of unbranched alkanes of at least 4 members (excludes halogenated alkanes) is 5. The summed E-state index contributed by atoms with van der Waals surface area (Å²) < 4.78 is 10.1. The molecule has 1 aromatic carbocycles. The van der Waals surface area contributed by atoms with Crippen molar-refractivity contribution in [3.8, 4) is 0 Å². The topological polar surface area (TPSA) is 52.6 Å². The molecule has 0 radical (unpaired) electrons. The Morgan fingerprint density at radius 2 is 1.25 bits per heavy atom. The van der Waals surface area contributed by atoms with Crippen molar-refractivity contribution in [2.24, 2.45) is 0 Å². The Morgan fingerprint density at radius 1 is 0.679 bits per heavy atom. The Bertz CT molecular complexity index is 634. The molecule has 0 bridgehead atoms. The SMILES string of the molecule is CCCCCCCCc1cc(CCC)c(CCC)c(C(=O)OC)c1C(=O)OC. The van der Waals surface area contributed by atoms with Gasteiger partial charge in [0.2, 0.25) is 0 Å². The zero-order valence-corrected chi connectivity index (χ0v) is 18.5. The van der Waals surface area contributed by atoms with Crippen LogP contribution < -0.4 is 0 Å². The quantitative estimate of drug-likeness (QED) is 0.303. The average molecular weight is 391 g/mol. The summed E-state index contributed by atoms with van der Waals surface area (Å²) in [7, 11) is 2.75. The van der Waals surface area contributed by atoms with Gasteiger partial charge in [-0.1, -0.05) is 71.8 Å². The lowest BCUT2D eigenvalue weighted by atomic mass is 9.86. The lowest BCUT2D eigenvalue weighted by Crippen LogP contribution is -2.19. The molecule has 0 unspecified atom stereocenters. The van der Waals surface area contributed by atoms with Crippen LogP contribution >= 0.6 is 0 Å². The standard InChI is InChI=1S/C24H38O4/c1-6-9-10-11-12-13-16-19-17-18(14-7-2)20(15-8-3)22(24(26)28-5)21(19)23(25)27-4/h17H,6-16H2,1-5H3. The highest BCUT2D eigenvalue weighted by Crippen LogP contribution is 2.29. The first-order valence-electron chi connectivity index (χ1n) is 10.9. The molecule has 0 atom stereocenters. The third-order valence-electron chi connectivity index (χ3n) is 5.21. The van der Waals surface area contributed by atoms with Gasteiger partial charge in [0, 0.05) is 0 Å². The zero-order chi connectivity index (χ0) is 20.9. The molecule has 0 fully saturated rings. The molecule has 0 heterocycles. The van der Waals surface area contributed by atoms with Gasteiger partial charge in [-0.3, -0.25) is 0 Å². The predicted molar refractivity (Wildman–Crippen MR) is 114 cm³/mol. The van der Waals surface area contributed by atoms with Crippen LogP contribution in [0.2, 0.25) is 0 Å². The van der Waals surface area contributed by atoms with Gasteiger partial charge in [-0.15, -0.1) is 0 Å². The van der Waals surface area contributed by atoms with Crippen LogP contribution in [-0.4, -0.2) is 26.2 Å². The van der Waals surface area contributed by atoms with Crippen LogP contribution in [0, 0.1) is 0 Å². The molecule has 0 aromatic heterocycles. The molecule has 0 aliphatic rings. The number of methoxy groups -OCH3 is 2. The summed E-state index contributed by atoms with van der Waals surface area (Å²) in [6, 6.07) is 2.14. The van der Waals surface area contributed by atoms with Gasteiger partial charge in [0.15, 0.2) is 0 Å². The fourth-order valence-electron chi connectivity index (χ4n) is 3.83. The molecule has 0 spiro atoms. The first kappa shape index (κ1) is 24.2. The fraction of sp³-hybridized carbons (Fsp3) is 0.667. The molecule has 0 aliphatic carbocycles. The van der Waals surface area contributed by atoms with Crippen molar-refractivity contribution >= 4 is 11.9 Å². The van der Waals surface area contributed by atoms with E-state index in [1.807, 2.05) is 0 Å². The lowest BCUT2D eigenvalue weighted by Gasteiger charge is -2.20. The molecule has 0 saturated heterocycles. The van der Waals surface area contributed by atoms with Gasteiger partial charge < -0.3 is 9.47 Å². The Kier molecular flexibility index (Phi) is 11.5. The largest absolute Gasteiger partial charge is 0.465 e. The zero-order valence-electron chi connectivity index (χ0n) is 18.5. The summed E-state index contributed by atoms with van der Waals surface area (Å²) in [5.41, 5.74) is 3.86. The van der Waals surface area contributed by atoms with E-state index >= 15 is 0 Å². The van der Waals surface area contributed by atoms with Crippen molar-refractivity contribution < 1.29 is 19.1 Å². The van der Waals surface area contributed by atoms with Crippen molar-refractivity contribution in [1.82, 2.24) is 0 Å². The van der Waals surface area contributed by atoms with Crippen LogP contribution in [0.3, 0.4) is 0 Å². The predicted octanol–water partition coefficient (Wildman–Crippen LogP) is 6.07. The first-order valence-corrected chi connectivity index (χ1v) is 10.9. The van der Waals surface area contributed by atoms with E-state index in [1.165, 1.54) is 45.5 Å². The number of ether oxygens (including phenoxy) is 2. The molecule has 4 nitrogen and oxygen atoms in total. The van der Waals surface area contributed by atoms with Crippen molar-refractivity contribution in [2.45, 2.75) is 91.4 Å². The number of rotatable bonds is 13. The Morgan fingerprint density at radius 3 is 1.82 bits per heavy atom. The molecular formula is C24H38O4. The van der Waals surface area contributed by atoms with E-state index in [2.05, 4.69) is 26.8 Å². The van der Waals surface area contributed by atoms with Gasteiger partial charge in [0.25, 0.3) is 0 Å². The molecule has 1 aromatic rings. The monoisotopic (exact) mass is 390 g/mol. The number of aryl methyl sites for hydroxylation is 2. The molecule has 1 rings (SSSR count). The Hall–Kier alpha value is -1.84. The van der Waals surface area contributed by atoms with Crippen LogP contribution in [0.15, 0.2) is 6.07 Å². The van der Waals surface area contributed by atoms with Gasteiger partial charge >= 0.3 is 11.9 Å². The summed E-state index contributed by atoms with van der Waals surface area (Å²) >= 11 is 0. The highest BCUT2D eigenvalue weighted by Gasteiger charge is 2.27. The number of benzene rings is 1. The molecule has 0 N–H and O–H groups in total. The molecule has 0 amide bonds. The molecule has 4 heteroatoms. The van der Waals surface area contributed by atoms with Crippen LogP contribution in [0.1, 0.15) is 110 Å². The second-order valence-corrected chi connectivity index (χ2v) is 7.42. The first-order chi connectivity index (χ1) is 13.5. The molecule has 0 aliphatic heterocycles. The number of hydrogen-bond acceptors (Lipinski definition) is 4. The smallest absolute Gasteiger partial charge is 0.339 e. The summed E-state index contributed by atoms with van der Waals surface area (Å²) in [6.45, 7) is 6.43. The summed E-state index contributed by atoms with van der Waals surface area (Å²) in [5, 5.41) is 0.